The van der Waals surface area contributed by atoms with E-state index in [0.29, 0.717) is 0 Å². The van der Waals surface area contributed by atoms with Crippen LogP contribution in [0, 0.1) is 5.82 Å². The number of aliphatic hydroxyl groups is 1. The average molecular weight is 269 g/mol. The van der Waals surface area contributed by atoms with Crippen molar-refractivity contribution in [3.63, 3.8) is 0 Å². The number of rotatable bonds is 3. The molecule has 20 heavy (non-hydrogen) atoms. The van der Waals surface area contributed by atoms with Gasteiger partial charge in [0.05, 0.1) is 6.61 Å². The fourth-order valence-corrected chi connectivity index (χ4v) is 2.06. The summed E-state index contributed by atoms with van der Waals surface area (Å²) in [5, 5.41) is 16.7. The van der Waals surface area contributed by atoms with E-state index in [0.717, 1.165) is 16.8 Å². The van der Waals surface area contributed by atoms with Crippen LogP contribution < -0.4 is 0 Å². The molecule has 1 aromatic heterocycles. The maximum absolute atomic E-state index is 13.4. The van der Waals surface area contributed by atoms with Crippen LogP contribution in [0.5, 0.6) is 0 Å². The van der Waals surface area contributed by atoms with E-state index in [1.165, 1.54) is 6.07 Å². The van der Waals surface area contributed by atoms with Gasteiger partial charge in [0.25, 0.3) is 0 Å². The van der Waals surface area contributed by atoms with Crippen molar-refractivity contribution in [3.8, 4) is 16.8 Å². The van der Waals surface area contributed by atoms with Crippen molar-refractivity contribution in [2.75, 3.05) is 0 Å². The molecule has 0 amide bonds. The van der Waals surface area contributed by atoms with Crippen LogP contribution in [0.4, 0.5) is 4.39 Å². The Labute approximate surface area is 115 Å². The summed E-state index contributed by atoms with van der Waals surface area (Å²) in [5.74, 6) is -0.397. The van der Waals surface area contributed by atoms with Gasteiger partial charge in [0.15, 0.2) is 0 Å². The van der Waals surface area contributed by atoms with Gasteiger partial charge in [-0.25, -0.2) is 4.39 Å². The van der Waals surface area contributed by atoms with Gasteiger partial charge in [-0.15, -0.1) is 10.2 Å². The largest absolute Gasteiger partial charge is 0.392 e. The fourth-order valence-electron chi connectivity index (χ4n) is 2.06. The number of halogens is 1. The lowest BCUT2D eigenvalue weighted by Gasteiger charge is -2.07. The number of aromatic nitrogens is 3. The Morgan fingerprint density at radius 2 is 1.75 bits per heavy atom. The molecule has 0 saturated heterocycles. The minimum Gasteiger partial charge on any atom is -0.392 e. The summed E-state index contributed by atoms with van der Waals surface area (Å²) < 4.78 is 15.2. The fraction of sp³-hybridized carbons (Fsp3) is 0.0667. The molecule has 1 heterocycles. The minimum absolute atomic E-state index is 0.289. The first-order valence-electron chi connectivity index (χ1n) is 6.12. The zero-order chi connectivity index (χ0) is 13.9. The van der Waals surface area contributed by atoms with Crippen LogP contribution in [0.2, 0.25) is 0 Å². The van der Waals surface area contributed by atoms with E-state index in [1.54, 1.807) is 29.4 Å². The molecule has 100 valence electrons. The van der Waals surface area contributed by atoms with Gasteiger partial charge in [0, 0.05) is 11.3 Å². The van der Waals surface area contributed by atoms with E-state index < -0.39 is 5.82 Å². The van der Waals surface area contributed by atoms with Crippen LogP contribution in [0.15, 0.2) is 55.1 Å². The zero-order valence-corrected chi connectivity index (χ0v) is 10.6. The third-order valence-electron chi connectivity index (χ3n) is 3.11. The monoisotopic (exact) mass is 269 g/mol. The first-order valence-corrected chi connectivity index (χ1v) is 6.12. The van der Waals surface area contributed by atoms with Crippen molar-refractivity contribution in [1.82, 2.24) is 14.8 Å². The highest BCUT2D eigenvalue weighted by Gasteiger charge is 2.05. The van der Waals surface area contributed by atoms with Crippen molar-refractivity contribution in [2.45, 2.75) is 6.61 Å². The van der Waals surface area contributed by atoms with E-state index >= 15 is 0 Å². The molecule has 0 bridgehead atoms. The van der Waals surface area contributed by atoms with Gasteiger partial charge in [-0.3, -0.25) is 4.57 Å². The van der Waals surface area contributed by atoms with Crippen molar-refractivity contribution in [1.29, 1.82) is 0 Å². The standard InChI is InChI=1S/C15H12FN3O/c16-15-5-4-12(6-13(15)8-20)11-2-1-3-14(7-11)19-9-17-18-10-19/h1-7,9-10,20H,8H2. The Morgan fingerprint density at radius 3 is 2.50 bits per heavy atom. The van der Waals surface area contributed by atoms with Gasteiger partial charge in [0.1, 0.15) is 18.5 Å². The van der Waals surface area contributed by atoms with Crippen molar-refractivity contribution < 1.29 is 9.50 Å². The molecule has 0 radical (unpaired) electrons. The van der Waals surface area contributed by atoms with Gasteiger partial charge in [-0.2, -0.15) is 0 Å². The summed E-state index contributed by atoms with van der Waals surface area (Å²) in [7, 11) is 0. The summed E-state index contributed by atoms with van der Waals surface area (Å²) in [6.45, 7) is -0.315. The van der Waals surface area contributed by atoms with Crippen LogP contribution >= 0.6 is 0 Å². The molecule has 0 aliphatic carbocycles. The molecule has 0 fully saturated rings. The van der Waals surface area contributed by atoms with E-state index in [4.69, 9.17) is 5.11 Å². The SMILES string of the molecule is OCc1cc(-c2cccc(-n3cnnc3)c2)ccc1F. The van der Waals surface area contributed by atoms with Crippen molar-refractivity contribution >= 4 is 0 Å². The van der Waals surface area contributed by atoms with Crippen molar-refractivity contribution in [3.05, 3.63) is 66.5 Å². The number of benzene rings is 2. The van der Waals surface area contributed by atoms with Gasteiger partial charge >= 0.3 is 0 Å². The molecule has 5 heteroatoms. The molecule has 0 aliphatic rings. The van der Waals surface area contributed by atoms with Crippen LogP contribution in [0.3, 0.4) is 0 Å². The number of nitrogens with zero attached hydrogens (tertiary/aromatic N) is 3. The summed E-state index contributed by atoms with van der Waals surface area (Å²) in [6, 6.07) is 12.4. The smallest absolute Gasteiger partial charge is 0.128 e. The van der Waals surface area contributed by atoms with Crippen LogP contribution in [0.25, 0.3) is 16.8 Å². The van der Waals surface area contributed by atoms with Crippen molar-refractivity contribution in [2.24, 2.45) is 0 Å². The third-order valence-corrected chi connectivity index (χ3v) is 3.11. The second-order valence-corrected chi connectivity index (χ2v) is 4.38. The average Bonchev–Trinajstić information content (AvgIpc) is 3.02. The minimum atomic E-state index is -0.397. The summed E-state index contributed by atoms with van der Waals surface area (Å²) >= 11 is 0. The number of aliphatic hydroxyl groups excluding tert-OH is 1. The molecule has 0 unspecified atom stereocenters. The molecule has 0 spiro atoms. The molecule has 0 saturated carbocycles. The Balaban J connectivity index is 2.04. The van der Waals surface area contributed by atoms with E-state index in [9.17, 15) is 4.39 Å². The van der Waals surface area contributed by atoms with Gasteiger partial charge in [-0.1, -0.05) is 18.2 Å². The molecular formula is C15H12FN3O. The molecule has 1 N–H and O–H groups in total. The Morgan fingerprint density at radius 1 is 1.00 bits per heavy atom. The molecule has 3 aromatic rings. The third kappa shape index (κ3) is 2.31. The van der Waals surface area contributed by atoms with E-state index in [-0.39, 0.29) is 12.2 Å². The summed E-state index contributed by atoms with van der Waals surface area (Å²) in [5.41, 5.74) is 3.00. The lowest BCUT2D eigenvalue weighted by atomic mass is 10.0. The van der Waals surface area contributed by atoms with E-state index in [2.05, 4.69) is 10.2 Å². The normalized spacial score (nSPS) is 10.7. The molecule has 2 aromatic carbocycles. The Bertz CT molecular complexity index is 726. The second kappa shape index (κ2) is 5.22. The lowest BCUT2D eigenvalue weighted by Crippen LogP contribution is -1.93. The molecule has 3 rings (SSSR count). The quantitative estimate of drug-likeness (QED) is 0.795. The Hall–Kier alpha value is -2.53. The molecule has 0 aliphatic heterocycles. The van der Waals surface area contributed by atoms with Gasteiger partial charge in [0.2, 0.25) is 0 Å². The maximum Gasteiger partial charge on any atom is 0.128 e. The topological polar surface area (TPSA) is 50.9 Å². The second-order valence-electron chi connectivity index (χ2n) is 4.38. The predicted molar refractivity (Wildman–Crippen MR) is 72.7 cm³/mol. The Kier molecular flexibility index (Phi) is 3.26. The van der Waals surface area contributed by atoms with Crippen LogP contribution in [-0.4, -0.2) is 19.9 Å². The highest BCUT2D eigenvalue weighted by Crippen LogP contribution is 2.24. The number of hydrogen-bond donors (Lipinski definition) is 1. The molecule has 4 nitrogen and oxygen atoms in total. The summed E-state index contributed by atoms with van der Waals surface area (Å²) in [4.78, 5) is 0. The summed E-state index contributed by atoms with van der Waals surface area (Å²) in [6.07, 6.45) is 3.23. The predicted octanol–water partition coefficient (Wildman–Crippen LogP) is 2.57. The highest BCUT2D eigenvalue weighted by molar-refractivity contribution is 5.66. The van der Waals surface area contributed by atoms with E-state index in [1.807, 2.05) is 24.3 Å². The maximum atomic E-state index is 13.4. The van der Waals surface area contributed by atoms with Crippen LogP contribution in [-0.2, 0) is 6.61 Å². The highest BCUT2D eigenvalue weighted by atomic mass is 19.1. The molecule has 0 atom stereocenters. The van der Waals surface area contributed by atoms with Gasteiger partial charge < -0.3 is 5.11 Å². The zero-order valence-electron chi connectivity index (χ0n) is 10.6. The first kappa shape index (κ1) is 12.5. The molecular weight excluding hydrogens is 257 g/mol. The first-order chi connectivity index (χ1) is 9.78. The lowest BCUT2D eigenvalue weighted by molar-refractivity contribution is 0.276. The number of hydrogen-bond acceptors (Lipinski definition) is 3. The van der Waals surface area contributed by atoms with Crippen LogP contribution in [0.1, 0.15) is 5.56 Å². The van der Waals surface area contributed by atoms with Gasteiger partial charge in [-0.05, 0) is 35.4 Å².